The Kier molecular flexibility index (Phi) is 15.7. The minimum atomic E-state index is -0.141. The van der Waals surface area contributed by atoms with Gasteiger partial charge in [-0.2, -0.15) is 0 Å². The monoisotopic (exact) mass is 643 g/mol. The Morgan fingerprint density at radius 3 is 1.81 bits per heavy atom. The summed E-state index contributed by atoms with van der Waals surface area (Å²) in [4.78, 5) is 0. The van der Waals surface area contributed by atoms with Crippen molar-refractivity contribution in [2.24, 2.45) is 0 Å². The molecule has 0 radical (unpaired) electrons. The number of hydrogen-bond donors (Lipinski definition) is 0. The molecule has 1 aliphatic rings. The average molecular weight is 645 g/mol. The Balaban J connectivity index is 2.54. The summed E-state index contributed by atoms with van der Waals surface area (Å²) in [5.41, 5.74) is 0. The second kappa shape index (κ2) is 15.0. The molecule has 0 unspecified atom stereocenters. The van der Waals surface area contributed by atoms with Crippen LogP contribution in [0, 0.1) is 0 Å². The lowest BCUT2D eigenvalue weighted by Crippen LogP contribution is -2.60. The minimum Gasteiger partial charge on any atom is -0.377 e. The van der Waals surface area contributed by atoms with Crippen LogP contribution in [0.1, 0.15) is 0 Å². The molecule has 0 saturated carbocycles. The third-order valence-electron chi connectivity index (χ3n) is 4.26. The van der Waals surface area contributed by atoms with Crippen LogP contribution in [-0.2, 0) is 0 Å². The molecular formula is C2H45N9Si16. The minimum absolute atomic E-state index is 0.0133. The molecule has 1 fully saturated rings. The molecule has 0 amide bonds. The standard InChI is InChI=1S/C2H45N9Si16/c12-4(22-8(17)26-10(19)24-6(14)15)1-3-2-5(13)23-9(18)27-11(20)25-7(16)21-3/h1-2,21-27H2,12-20H3. The number of hydrogen-bond acceptors (Lipinski definition) is 9. The van der Waals surface area contributed by atoms with Crippen molar-refractivity contribution in [1.82, 2.24) is 36.4 Å². The maximum Gasteiger partial charge on any atom is 0.161 e. The summed E-state index contributed by atoms with van der Waals surface area (Å²) in [5.74, 6) is 0. The molecule has 1 aliphatic heterocycles. The predicted molar refractivity (Wildman–Crippen MR) is 176 cm³/mol. The van der Waals surface area contributed by atoms with E-state index in [1.165, 1.54) is 107 Å². The van der Waals surface area contributed by atoms with Gasteiger partial charge in [0.1, 0.15) is 39.4 Å². The van der Waals surface area contributed by atoms with Crippen molar-refractivity contribution in [3.63, 3.8) is 0 Å². The number of nitrogens with zero attached hydrogens (tertiary/aromatic N) is 9. The van der Waals surface area contributed by atoms with Crippen LogP contribution in [0.25, 0.3) is 0 Å². The van der Waals surface area contributed by atoms with Crippen molar-refractivity contribution in [3.05, 3.63) is 0 Å². The zero-order valence-corrected chi connectivity index (χ0v) is 47.3. The van der Waals surface area contributed by atoms with Gasteiger partial charge in [0.25, 0.3) is 0 Å². The second-order valence-electron chi connectivity index (χ2n) is 9.02. The number of rotatable bonds is 8. The van der Waals surface area contributed by atoms with Gasteiger partial charge >= 0.3 is 0 Å². The zero-order chi connectivity index (χ0) is 20.6. The molecular weight excluding hydrogens is 599 g/mol. The van der Waals surface area contributed by atoms with Gasteiger partial charge in [0.2, 0.25) is 0 Å². The van der Waals surface area contributed by atoms with Crippen LogP contribution in [0.5, 0.6) is 0 Å². The van der Waals surface area contributed by atoms with E-state index in [0.717, 1.165) is 0 Å². The third-order valence-corrected chi connectivity index (χ3v) is 30.3. The molecule has 9 nitrogen and oxygen atoms in total. The van der Waals surface area contributed by atoms with Gasteiger partial charge in [0.05, 0.1) is 93.6 Å². The van der Waals surface area contributed by atoms with Crippen molar-refractivity contribution >= 4 is 163 Å². The molecule has 0 atom stereocenters. The van der Waals surface area contributed by atoms with E-state index < -0.39 is 0 Å². The van der Waals surface area contributed by atoms with Gasteiger partial charge in [0, 0.05) is 13.3 Å². The van der Waals surface area contributed by atoms with Gasteiger partial charge in [-0.25, -0.2) is 0 Å². The van der Waals surface area contributed by atoms with Crippen LogP contribution >= 0.6 is 0 Å². The van der Waals surface area contributed by atoms with Crippen molar-refractivity contribution < 1.29 is 0 Å². The summed E-state index contributed by atoms with van der Waals surface area (Å²) in [7, 11) is 11.6. The lowest BCUT2D eigenvalue weighted by atomic mass is 11.0. The van der Waals surface area contributed by atoms with Crippen LogP contribution in [0.2, 0.25) is 0 Å². The van der Waals surface area contributed by atoms with Crippen molar-refractivity contribution in [2.75, 3.05) is 13.3 Å². The summed E-state index contributed by atoms with van der Waals surface area (Å²) in [6, 6.07) is 0. The topological polar surface area (TPSA) is 29.2 Å². The van der Waals surface area contributed by atoms with Gasteiger partial charge in [-0.1, -0.05) is 0 Å². The van der Waals surface area contributed by atoms with E-state index >= 15 is 0 Å². The Labute approximate surface area is 210 Å². The van der Waals surface area contributed by atoms with Crippen LogP contribution in [0.3, 0.4) is 0 Å². The Hall–Kier alpha value is 3.11. The maximum atomic E-state index is 2.98. The molecule has 0 aromatic heterocycles. The summed E-state index contributed by atoms with van der Waals surface area (Å²) >= 11 is 0. The Morgan fingerprint density at radius 1 is 0.704 bits per heavy atom. The molecule has 0 N–H and O–H groups in total. The summed E-state index contributed by atoms with van der Waals surface area (Å²) < 4.78 is 26.3. The van der Waals surface area contributed by atoms with Crippen LogP contribution in [0.4, 0.5) is 0 Å². The van der Waals surface area contributed by atoms with E-state index in [-0.39, 0.29) is 68.9 Å². The van der Waals surface area contributed by atoms with Crippen molar-refractivity contribution in [1.29, 1.82) is 0 Å². The van der Waals surface area contributed by atoms with Gasteiger partial charge < -0.3 is 31.8 Å². The molecule has 162 valence electrons. The maximum absolute atomic E-state index is 2.98. The van der Waals surface area contributed by atoms with Gasteiger partial charge in [-0.05, 0) is 0 Å². The van der Waals surface area contributed by atoms with E-state index in [1.807, 2.05) is 0 Å². The molecule has 1 heterocycles. The van der Waals surface area contributed by atoms with Gasteiger partial charge in [-0.3, -0.25) is 4.57 Å². The molecule has 25 heteroatoms. The first kappa shape index (κ1) is 28.1. The van der Waals surface area contributed by atoms with E-state index in [9.17, 15) is 0 Å². The van der Waals surface area contributed by atoms with Gasteiger partial charge in [-0.15, -0.1) is 0 Å². The second-order valence-corrected chi connectivity index (χ2v) is 62.0. The SMILES string of the molecule is [SiH3]N([SiH3])[SiH2]N([SiH3])[SiH2]N([SiH3])[SiH2]N([SiH3])CN1CN([SiH3])[SiH2]N([SiH3])[SiH2]N([SiH3])[SiH2]N([SiH3])[SiH2]1. The lowest BCUT2D eigenvalue weighted by molar-refractivity contribution is 0.319. The van der Waals surface area contributed by atoms with E-state index in [0.29, 0.717) is 0 Å². The van der Waals surface area contributed by atoms with Crippen LogP contribution in [0.15, 0.2) is 0 Å². The summed E-state index contributed by atoms with van der Waals surface area (Å²) in [6.45, 7) is 2.68. The Morgan fingerprint density at radius 2 is 1.22 bits per heavy atom. The van der Waals surface area contributed by atoms with Crippen LogP contribution < -0.4 is 0 Å². The normalized spacial score (nSPS) is 27.1. The highest BCUT2D eigenvalue weighted by molar-refractivity contribution is 6.72. The third kappa shape index (κ3) is 14.0. The summed E-state index contributed by atoms with van der Waals surface area (Å²) in [6.07, 6.45) is 0. The van der Waals surface area contributed by atoms with E-state index in [4.69, 9.17) is 0 Å². The smallest absolute Gasteiger partial charge is 0.161 e. The molecule has 0 aliphatic carbocycles. The lowest BCUT2D eigenvalue weighted by Gasteiger charge is -2.40. The predicted octanol–water partition coefficient (Wildman–Crippen LogP) is -19.9. The van der Waals surface area contributed by atoms with Crippen molar-refractivity contribution in [3.8, 4) is 0 Å². The van der Waals surface area contributed by atoms with E-state index in [2.05, 4.69) is 36.4 Å². The quantitative estimate of drug-likeness (QED) is 0.239. The molecule has 0 aromatic rings. The molecule has 0 bridgehead atoms. The largest absolute Gasteiger partial charge is 0.377 e. The highest BCUT2D eigenvalue weighted by Crippen LogP contribution is 1.97. The van der Waals surface area contributed by atoms with E-state index in [1.54, 1.807) is 0 Å². The zero-order valence-electron chi connectivity index (χ0n) is 19.4. The van der Waals surface area contributed by atoms with Crippen LogP contribution in [-0.4, -0.2) is 212 Å². The molecule has 1 saturated heterocycles. The van der Waals surface area contributed by atoms with Crippen molar-refractivity contribution in [2.45, 2.75) is 0 Å². The summed E-state index contributed by atoms with van der Waals surface area (Å²) in [5, 5.41) is 0. The fourth-order valence-electron chi connectivity index (χ4n) is 4.01. The first-order valence-corrected chi connectivity index (χ1v) is 26.6. The fraction of sp³-hybridized carbons (Fsp3) is 1.00. The first-order valence-electron chi connectivity index (χ1n) is 9.72. The molecule has 0 spiro atoms. The fourth-order valence-corrected chi connectivity index (χ4v) is 72.3. The molecule has 0 aromatic carbocycles. The first-order chi connectivity index (χ1) is 12.5. The highest BCUT2D eigenvalue weighted by Gasteiger charge is 2.19. The van der Waals surface area contributed by atoms with Gasteiger partial charge in [0.15, 0.2) is 29.5 Å². The highest BCUT2D eigenvalue weighted by atomic mass is 28.4. The molecule has 27 heavy (non-hydrogen) atoms. The molecule has 1 rings (SSSR count). The Bertz CT molecular complexity index is 386. The average Bonchev–Trinajstić information content (AvgIpc) is 2.43.